The van der Waals surface area contributed by atoms with Gasteiger partial charge in [-0.2, -0.15) is 0 Å². The summed E-state index contributed by atoms with van der Waals surface area (Å²) in [6.07, 6.45) is 0. The standard InChI is InChI=1S/C21H19N3/c1-13-4-8-16(9-5-13)19-20(17-10-6-14(2)7-11-17)24-21-18(23-19)12-15(3)22-21/h4-12H,1-3H3,(H,22,24). The first-order valence-electron chi connectivity index (χ1n) is 8.11. The van der Waals surface area contributed by atoms with Crippen molar-refractivity contribution in [3.63, 3.8) is 0 Å². The van der Waals surface area contributed by atoms with E-state index in [1.165, 1.54) is 11.1 Å². The van der Waals surface area contributed by atoms with Crippen LogP contribution in [0.25, 0.3) is 33.7 Å². The summed E-state index contributed by atoms with van der Waals surface area (Å²) in [6, 6.07) is 18.9. The number of fused-ring (bicyclic) bond motifs is 1. The molecule has 0 bridgehead atoms. The highest BCUT2D eigenvalue weighted by Gasteiger charge is 2.14. The van der Waals surface area contributed by atoms with Crippen molar-refractivity contribution in [2.24, 2.45) is 0 Å². The lowest BCUT2D eigenvalue weighted by Gasteiger charge is -2.09. The van der Waals surface area contributed by atoms with Gasteiger partial charge in [0.05, 0.1) is 11.4 Å². The normalized spacial score (nSPS) is 11.1. The third kappa shape index (κ3) is 2.58. The fourth-order valence-electron chi connectivity index (χ4n) is 2.89. The lowest BCUT2D eigenvalue weighted by molar-refractivity contribution is 1.23. The van der Waals surface area contributed by atoms with E-state index >= 15 is 0 Å². The summed E-state index contributed by atoms with van der Waals surface area (Å²) in [4.78, 5) is 13.1. The largest absolute Gasteiger partial charge is 0.342 e. The molecular weight excluding hydrogens is 294 g/mol. The van der Waals surface area contributed by atoms with Crippen LogP contribution in [-0.2, 0) is 0 Å². The van der Waals surface area contributed by atoms with Crippen molar-refractivity contribution in [1.29, 1.82) is 0 Å². The van der Waals surface area contributed by atoms with Gasteiger partial charge in [0.1, 0.15) is 5.52 Å². The van der Waals surface area contributed by atoms with Crippen LogP contribution in [0.1, 0.15) is 16.8 Å². The first kappa shape index (κ1) is 14.6. The molecule has 2 aromatic heterocycles. The zero-order valence-corrected chi connectivity index (χ0v) is 14.1. The van der Waals surface area contributed by atoms with Crippen molar-refractivity contribution in [2.75, 3.05) is 0 Å². The molecule has 0 radical (unpaired) electrons. The first-order valence-corrected chi connectivity index (χ1v) is 8.11. The van der Waals surface area contributed by atoms with E-state index in [0.717, 1.165) is 39.4 Å². The molecule has 0 unspecified atom stereocenters. The van der Waals surface area contributed by atoms with Crippen LogP contribution in [0, 0.1) is 20.8 Å². The molecular formula is C21H19N3. The van der Waals surface area contributed by atoms with Crippen LogP contribution in [0.4, 0.5) is 0 Å². The Bertz CT molecular complexity index is 927. The van der Waals surface area contributed by atoms with Gasteiger partial charge in [-0.15, -0.1) is 0 Å². The fourth-order valence-corrected chi connectivity index (χ4v) is 2.89. The minimum Gasteiger partial charge on any atom is -0.342 e. The van der Waals surface area contributed by atoms with Gasteiger partial charge in [-0.3, -0.25) is 0 Å². The van der Waals surface area contributed by atoms with Crippen LogP contribution in [0.5, 0.6) is 0 Å². The maximum atomic E-state index is 4.90. The van der Waals surface area contributed by atoms with E-state index in [1.54, 1.807) is 0 Å². The maximum absolute atomic E-state index is 4.90. The topological polar surface area (TPSA) is 41.6 Å². The Labute approximate surface area is 141 Å². The smallest absolute Gasteiger partial charge is 0.156 e. The summed E-state index contributed by atoms with van der Waals surface area (Å²) < 4.78 is 0. The molecule has 1 N–H and O–H groups in total. The molecule has 0 amide bonds. The average molecular weight is 313 g/mol. The highest BCUT2D eigenvalue weighted by molar-refractivity contribution is 5.85. The van der Waals surface area contributed by atoms with E-state index in [4.69, 9.17) is 9.97 Å². The molecule has 0 aliphatic carbocycles. The molecule has 4 aromatic rings. The van der Waals surface area contributed by atoms with E-state index in [9.17, 15) is 0 Å². The number of aromatic amines is 1. The van der Waals surface area contributed by atoms with Gasteiger partial charge in [-0.1, -0.05) is 59.7 Å². The number of aromatic nitrogens is 3. The van der Waals surface area contributed by atoms with Gasteiger partial charge in [0, 0.05) is 16.8 Å². The molecule has 0 fully saturated rings. The third-order valence-electron chi connectivity index (χ3n) is 4.24. The molecule has 24 heavy (non-hydrogen) atoms. The summed E-state index contributed by atoms with van der Waals surface area (Å²) >= 11 is 0. The summed E-state index contributed by atoms with van der Waals surface area (Å²) in [5.41, 5.74) is 9.28. The predicted octanol–water partition coefficient (Wildman–Crippen LogP) is 5.22. The molecule has 0 atom stereocenters. The Morgan fingerprint density at radius 1 is 0.667 bits per heavy atom. The number of rotatable bonds is 2. The second-order valence-corrected chi connectivity index (χ2v) is 6.34. The van der Waals surface area contributed by atoms with Crippen LogP contribution >= 0.6 is 0 Å². The first-order chi connectivity index (χ1) is 11.6. The number of nitrogens with one attached hydrogen (secondary N) is 1. The van der Waals surface area contributed by atoms with Crippen molar-refractivity contribution >= 4 is 11.2 Å². The van der Waals surface area contributed by atoms with Gasteiger partial charge in [-0.05, 0) is 26.8 Å². The number of benzene rings is 2. The summed E-state index contributed by atoms with van der Waals surface area (Å²) in [5, 5.41) is 0. The van der Waals surface area contributed by atoms with E-state index < -0.39 is 0 Å². The van der Waals surface area contributed by atoms with E-state index in [0.29, 0.717) is 0 Å². The minimum absolute atomic E-state index is 0.832. The zero-order valence-electron chi connectivity index (χ0n) is 14.1. The molecule has 4 rings (SSSR count). The Kier molecular flexibility index (Phi) is 3.42. The number of hydrogen-bond acceptors (Lipinski definition) is 2. The van der Waals surface area contributed by atoms with Crippen LogP contribution in [0.2, 0.25) is 0 Å². The Balaban J connectivity index is 1.99. The molecule has 3 nitrogen and oxygen atoms in total. The monoisotopic (exact) mass is 313 g/mol. The van der Waals surface area contributed by atoms with Crippen LogP contribution in [0.15, 0.2) is 54.6 Å². The average Bonchev–Trinajstić information content (AvgIpc) is 2.94. The SMILES string of the molecule is Cc1ccc(-c2nc3cc(C)[nH]c3nc2-c2ccc(C)cc2)cc1. The minimum atomic E-state index is 0.832. The molecule has 0 saturated carbocycles. The lowest BCUT2D eigenvalue weighted by atomic mass is 10.0. The molecule has 0 aliphatic heterocycles. The molecule has 0 spiro atoms. The molecule has 2 heterocycles. The van der Waals surface area contributed by atoms with Gasteiger partial charge in [0.15, 0.2) is 5.65 Å². The van der Waals surface area contributed by atoms with Crippen molar-refractivity contribution in [3.05, 3.63) is 71.4 Å². The number of nitrogens with zero attached hydrogens (tertiary/aromatic N) is 2. The Morgan fingerprint density at radius 3 is 1.71 bits per heavy atom. The fraction of sp³-hybridized carbons (Fsp3) is 0.143. The molecule has 0 aliphatic rings. The molecule has 2 aromatic carbocycles. The van der Waals surface area contributed by atoms with E-state index in [1.807, 2.05) is 13.0 Å². The van der Waals surface area contributed by atoms with Crippen LogP contribution in [-0.4, -0.2) is 15.0 Å². The van der Waals surface area contributed by atoms with Crippen molar-refractivity contribution < 1.29 is 0 Å². The Morgan fingerprint density at radius 2 is 1.17 bits per heavy atom. The van der Waals surface area contributed by atoms with Gasteiger partial charge in [0.25, 0.3) is 0 Å². The highest BCUT2D eigenvalue weighted by atomic mass is 14.9. The van der Waals surface area contributed by atoms with E-state index in [2.05, 4.69) is 67.4 Å². The number of H-pyrrole nitrogens is 1. The van der Waals surface area contributed by atoms with Crippen molar-refractivity contribution in [3.8, 4) is 22.5 Å². The molecule has 118 valence electrons. The van der Waals surface area contributed by atoms with Gasteiger partial charge in [-0.25, -0.2) is 9.97 Å². The summed E-state index contributed by atoms with van der Waals surface area (Å²) in [5.74, 6) is 0. The number of aryl methyl sites for hydroxylation is 3. The third-order valence-corrected chi connectivity index (χ3v) is 4.24. The summed E-state index contributed by atoms with van der Waals surface area (Å²) in [7, 11) is 0. The highest BCUT2D eigenvalue weighted by Crippen LogP contribution is 2.31. The van der Waals surface area contributed by atoms with Gasteiger partial charge < -0.3 is 4.98 Å². The quantitative estimate of drug-likeness (QED) is 0.551. The number of hydrogen-bond donors (Lipinski definition) is 1. The lowest BCUT2D eigenvalue weighted by Crippen LogP contribution is -1.95. The van der Waals surface area contributed by atoms with Gasteiger partial charge in [0.2, 0.25) is 0 Å². The zero-order chi connectivity index (χ0) is 16.7. The summed E-state index contributed by atoms with van der Waals surface area (Å²) in [6.45, 7) is 6.21. The van der Waals surface area contributed by atoms with Crippen molar-refractivity contribution in [2.45, 2.75) is 20.8 Å². The maximum Gasteiger partial charge on any atom is 0.156 e. The second-order valence-electron chi connectivity index (χ2n) is 6.34. The second kappa shape index (κ2) is 5.60. The van der Waals surface area contributed by atoms with Gasteiger partial charge >= 0.3 is 0 Å². The Hall–Kier alpha value is -2.94. The molecule has 0 saturated heterocycles. The van der Waals surface area contributed by atoms with Crippen LogP contribution < -0.4 is 0 Å². The predicted molar refractivity (Wildman–Crippen MR) is 99.0 cm³/mol. The van der Waals surface area contributed by atoms with Crippen LogP contribution in [0.3, 0.4) is 0 Å². The van der Waals surface area contributed by atoms with Crippen molar-refractivity contribution in [1.82, 2.24) is 15.0 Å². The molecule has 3 heteroatoms. The van der Waals surface area contributed by atoms with E-state index in [-0.39, 0.29) is 0 Å².